The van der Waals surface area contributed by atoms with Crippen LogP contribution in [0.2, 0.25) is 5.02 Å². The summed E-state index contributed by atoms with van der Waals surface area (Å²) >= 11 is 6.22. The minimum absolute atomic E-state index is 0.0759. The summed E-state index contributed by atoms with van der Waals surface area (Å²) in [6.45, 7) is 5.65. The number of piperidine rings is 1. The lowest BCUT2D eigenvalue weighted by Crippen LogP contribution is -2.31. The Morgan fingerprint density at radius 2 is 1.96 bits per heavy atom. The van der Waals surface area contributed by atoms with Crippen molar-refractivity contribution in [2.75, 3.05) is 23.7 Å². The van der Waals surface area contributed by atoms with E-state index in [-0.39, 0.29) is 29.1 Å². The van der Waals surface area contributed by atoms with E-state index in [1.54, 1.807) is 18.2 Å². The average molecular weight is 350 g/mol. The fourth-order valence-electron chi connectivity index (χ4n) is 3.40. The van der Waals surface area contributed by atoms with Crippen molar-refractivity contribution in [3.8, 4) is 0 Å². The lowest BCUT2D eigenvalue weighted by Gasteiger charge is -2.23. The Bertz CT molecular complexity index is 654. The molecule has 0 aromatic heterocycles. The first-order valence-corrected chi connectivity index (χ1v) is 8.91. The predicted molar refractivity (Wildman–Crippen MR) is 96.2 cm³/mol. The van der Waals surface area contributed by atoms with Crippen LogP contribution in [0.25, 0.3) is 0 Å². The van der Waals surface area contributed by atoms with E-state index >= 15 is 0 Å². The summed E-state index contributed by atoms with van der Waals surface area (Å²) in [5.74, 6) is -0.0124. The largest absolute Gasteiger partial charge is 0.326 e. The topological polar surface area (TPSA) is 70.2 Å². The molecule has 2 fully saturated rings. The van der Waals surface area contributed by atoms with E-state index in [9.17, 15) is 9.59 Å². The van der Waals surface area contributed by atoms with Crippen LogP contribution in [0.3, 0.4) is 0 Å². The molecule has 24 heavy (non-hydrogen) atoms. The number of hydrogen-bond donors (Lipinski definition) is 3. The molecule has 0 radical (unpaired) electrons. The Kier molecular flexibility index (Phi) is 4.83. The fraction of sp³-hybridized carbons (Fsp3) is 0.556. The Hall–Kier alpha value is -1.59. The summed E-state index contributed by atoms with van der Waals surface area (Å²) in [7, 11) is 0. The van der Waals surface area contributed by atoms with E-state index in [2.05, 4.69) is 16.0 Å². The van der Waals surface area contributed by atoms with Crippen molar-refractivity contribution in [3.63, 3.8) is 0 Å². The van der Waals surface area contributed by atoms with Crippen LogP contribution < -0.4 is 16.0 Å². The minimum atomic E-state index is -0.114. The van der Waals surface area contributed by atoms with Crippen LogP contribution in [0.4, 0.5) is 11.4 Å². The van der Waals surface area contributed by atoms with Gasteiger partial charge in [0.05, 0.1) is 10.7 Å². The molecule has 2 amide bonds. The summed E-state index contributed by atoms with van der Waals surface area (Å²) in [5, 5.41) is 9.51. The molecule has 1 aromatic carbocycles. The van der Waals surface area contributed by atoms with Gasteiger partial charge in [0.25, 0.3) is 0 Å². The Morgan fingerprint density at radius 1 is 1.25 bits per heavy atom. The first-order chi connectivity index (χ1) is 11.4. The van der Waals surface area contributed by atoms with Crippen molar-refractivity contribution in [1.29, 1.82) is 0 Å². The predicted octanol–water partition coefficient (Wildman–Crippen LogP) is 3.26. The van der Waals surface area contributed by atoms with E-state index < -0.39 is 0 Å². The van der Waals surface area contributed by atoms with E-state index in [0.717, 1.165) is 32.4 Å². The van der Waals surface area contributed by atoms with Gasteiger partial charge in [-0.05, 0) is 56.0 Å². The molecule has 1 aliphatic heterocycles. The first-order valence-electron chi connectivity index (χ1n) is 8.53. The zero-order chi connectivity index (χ0) is 17.3. The molecule has 6 heteroatoms. The van der Waals surface area contributed by atoms with Crippen LogP contribution in [-0.4, -0.2) is 24.9 Å². The zero-order valence-electron chi connectivity index (χ0n) is 14.1. The van der Waals surface area contributed by atoms with Gasteiger partial charge in [-0.2, -0.15) is 0 Å². The first kappa shape index (κ1) is 17.2. The third-order valence-electron chi connectivity index (χ3n) is 5.12. The van der Waals surface area contributed by atoms with Crippen molar-refractivity contribution in [2.24, 2.45) is 17.3 Å². The summed E-state index contributed by atoms with van der Waals surface area (Å²) in [4.78, 5) is 24.2. The van der Waals surface area contributed by atoms with Crippen molar-refractivity contribution < 1.29 is 9.59 Å². The van der Waals surface area contributed by atoms with E-state index in [4.69, 9.17) is 11.6 Å². The normalized spacial score (nSPS) is 21.6. The second-order valence-corrected chi connectivity index (χ2v) is 7.60. The Balaban J connectivity index is 1.61. The highest BCUT2D eigenvalue weighted by Crippen LogP contribution is 2.58. The van der Waals surface area contributed by atoms with Crippen molar-refractivity contribution >= 4 is 34.8 Å². The zero-order valence-corrected chi connectivity index (χ0v) is 14.9. The summed E-state index contributed by atoms with van der Waals surface area (Å²) in [6, 6.07) is 5.19. The number of carbonyl (C=O) groups excluding carboxylic acids is 2. The molecule has 130 valence electrons. The van der Waals surface area contributed by atoms with Crippen LogP contribution >= 0.6 is 11.6 Å². The van der Waals surface area contributed by atoms with Gasteiger partial charge in [-0.25, -0.2) is 0 Å². The van der Waals surface area contributed by atoms with Crippen molar-refractivity contribution in [3.05, 3.63) is 23.2 Å². The number of rotatable bonds is 4. The van der Waals surface area contributed by atoms with Gasteiger partial charge in [0.1, 0.15) is 0 Å². The van der Waals surface area contributed by atoms with Gasteiger partial charge >= 0.3 is 0 Å². The number of hydrogen-bond acceptors (Lipinski definition) is 3. The van der Waals surface area contributed by atoms with E-state index in [1.165, 1.54) is 0 Å². The van der Waals surface area contributed by atoms with Crippen LogP contribution in [-0.2, 0) is 9.59 Å². The summed E-state index contributed by atoms with van der Waals surface area (Å²) in [5.41, 5.74) is 1.45. The Morgan fingerprint density at radius 3 is 2.58 bits per heavy atom. The SMILES string of the molecule is CC(C)C(=O)Nc1ccc(NC(=O)C2CC23CCNCC3)cc1Cl. The molecular formula is C18H24ClN3O2. The third-order valence-corrected chi connectivity index (χ3v) is 5.44. The molecule has 1 atom stereocenters. The number of carbonyl (C=O) groups is 2. The quantitative estimate of drug-likeness (QED) is 0.781. The average Bonchev–Trinajstić information content (AvgIpc) is 3.23. The molecular weight excluding hydrogens is 326 g/mol. The third kappa shape index (κ3) is 3.57. The number of benzene rings is 1. The molecule has 5 nitrogen and oxygen atoms in total. The monoisotopic (exact) mass is 349 g/mol. The van der Waals surface area contributed by atoms with Crippen LogP contribution in [0, 0.1) is 17.3 Å². The molecule has 1 saturated heterocycles. The highest BCUT2D eigenvalue weighted by Gasteiger charge is 2.57. The van der Waals surface area contributed by atoms with Crippen LogP contribution in [0.5, 0.6) is 0 Å². The molecule has 1 saturated carbocycles. The fourth-order valence-corrected chi connectivity index (χ4v) is 3.62. The van der Waals surface area contributed by atoms with Gasteiger partial charge in [0.15, 0.2) is 0 Å². The summed E-state index contributed by atoms with van der Waals surface area (Å²) < 4.78 is 0. The number of amides is 2. The maximum absolute atomic E-state index is 12.5. The number of nitrogens with one attached hydrogen (secondary N) is 3. The van der Waals surface area contributed by atoms with Gasteiger partial charge in [-0.1, -0.05) is 25.4 Å². The second-order valence-electron chi connectivity index (χ2n) is 7.20. The molecule has 1 spiro atoms. The molecule has 2 aliphatic rings. The standard InChI is InChI=1S/C18H24ClN3O2/c1-11(2)16(23)22-15-4-3-12(9-14(15)19)21-17(24)13-10-18(13)5-7-20-8-6-18/h3-4,9,11,13,20H,5-8,10H2,1-2H3,(H,21,24)(H,22,23). The highest BCUT2D eigenvalue weighted by molar-refractivity contribution is 6.34. The van der Waals surface area contributed by atoms with Crippen molar-refractivity contribution in [2.45, 2.75) is 33.1 Å². The summed E-state index contributed by atoms with van der Waals surface area (Å²) in [6.07, 6.45) is 3.13. The lowest BCUT2D eigenvalue weighted by atomic mass is 9.92. The molecule has 1 heterocycles. The van der Waals surface area contributed by atoms with Crippen LogP contribution in [0.1, 0.15) is 33.1 Å². The molecule has 3 rings (SSSR count). The van der Waals surface area contributed by atoms with Crippen molar-refractivity contribution in [1.82, 2.24) is 5.32 Å². The van der Waals surface area contributed by atoms with E-state index in [0.29, 0.717) is 16.4 Å². The molecule has 0 bridgehead atoms. The molecule has 1 unspecified atom stereocenters. The molecule has 3 N–H and O–H groups in total. The molecule has 1 aromatic rings. The van der Waals surface area contributed by atoms with Gasteiger partial charge in [0.2, 0.25) is 11.8 Å². The maximum atomic E-state index is 12.5. The van der Waals surface area contributed by atoms with Gasteiger partial charge < -0.3 is 16.0 Å². The van der Waals surface area contributed by atoms with Gasteiger partial charge in [-0.3, -0.25) is 9.59 Å². The van der Waals surface area contributed by atoms with E-state index in [1.807, 2.05) is 13.8 Å². The van der Waals surface area contributed by atoms with Gasteiger partial charge in [-0.15, -0.1) is 0 Å². The molecule has 1 aliphatic carbocycles. The number of halogens is 1. The highest BCUT2D eigenvalue weighted by atomic mass is 35.5. The maximum Gasteiger partial charge on any atom is 0.228 e. The second kappa shape index (κ2) is 6.73. The smallest absolute Gasteiger partial charge is 0.228 e. The van der Waals surface area contributed by atoms with Crippen LogP contribution in [0.15, 0.2) is 18.2 Å². The van der Waals surface area contributed by atoms with Gasteiger partial charge in [0, 0.05) is 17.5 Å². The Labute approximate surface area is 147 Å². The lowest BCUT2D eigenvalue weighted by molar-refractivity contribution is -0.119. The minimum Gasteiger partial charge on any atom is -0.326 e. The number of anilines is 2.